The summed E-state index contributed by atoms with van der Waals surface area (Å²) in [6.45, 7) is 6.80. The van der Waals surface area contributed by atoms with Gasteiger partial charge >= 0.3 is 5.97 Å². The molecule has 0 saturated carbocycles. The summed E-state index contributed by atoms with van der Waals surface area (Å²) in [5.41, 5.74) is 0. The van der Waals surface area contributed by atoms with Crippen LogP contribution in [0.4, 0.5) is 0 Å². The second-order valence-electron chi connectivity index (χ2n) is 22.6. The van der Waals surface area contributed by atoms with E-state index < -0.39 is 26.6 Å². The van der Waals surface area contributed by atoms with Crippen molar-refractivity contribution in [2.24, 2.45) is 0 Å². The maximum absolute atomic E-state index is 13.5. The standard InChI is InChI=1S/C65H121N2O7P/c1-7-10-13-16-19-22-25-28-30-32-33-35-37-40-43-46-49-52-55-58-65(69)74-63(56-53-50-47-44-41-38-27-24-21-18-15-12-9-3)62(61-73-75(70,71)72-60-59-67(4,5)6)66-64(68)57-54-51-48-45-42-39-36-34-31-29-26-23-20-17-14-11-8-2/h20,23,29,31,36,39,45,48,53,56,62-63H,7-19,21-22,24-28,30,32-35,37-38,40-44,46-47,49-52,54-55,57-61H2,1-6H3,(H-,66,68,70,71)/b23-20-,31-29-,39-36-,48-45-,56-53+. The van der Waals surface area contributed by atoms with Crippen LogP contribution in [0.3, 0.4) is 0 Å². The van der Waals surface area contributed by atoms with Crippen LogP contribution in [0, 0.1) is 0 Å². The third kappa shape index (κ3) is 56.2. The van der Waals surface area contributed by atoms with Crippen molar-refractivity contribution in [3.63, 3.8) is 0 Å². The number of phosphoric acid groups is 1. The first-order valence-corrected chi connectivity index (χ1v) is 33.1. The lowest BCUT2D eigenvalue weighted by atomic mass is 10.0. The second-order valence-corrected chi connectivity index (χ2v) is 24.0. The lowest BCUT2D eigenvalue weighted by Crippen LogP contribution is -2.47. The highest BCUT2D eigenvalue weighted by Gasteiger charge is 2.27. The van der Waals surface area contributed by atoms with Crippen LogP contribution in [0.25, 0.3) is 0 Å². The Morgan fingerprint density at radius 2 is 0.827 bits per heavy atom. The number of carbonyl (C=O) groups is 2. The Hall–Kier alpha value is -2.29. The molecule has 9 nitrogen and oxygen atoms in total. The average molecular weight is 1070 g/mol. The summed E-state index contributed by atoms with van der Waals surface area (Å²) in [5, 5.41) is 3.00. The third-order valence-corrected chi connectivity index (χ3v) is 14.9. The van der Waals surface area contributed by atoms with Gasteiger partial charge in [0.05, 0.1) is 33.8 Å². The van der Waals surface area contributed by atoms with Gasteiger partial charge in [-0.3, -0.25) is 14.2 Å². The molecule has 0 bridgehead atoms. The number of hydrogen-bond donors (Lipinski definition) is 1. The number of unbranched alkanes of at least 4 members (excludes halogenated alkanes) is 33. The predicted molar refractivity (Wildman–Crippen MR) is 321 cm³/mol. The Morgan fingerprint density at radius 3 is 1.27 bits per heavy atom. The number of quaternary nitrogens is 1. The molecule has 10 heteroatoms. The van der Waals surface area contributed by atoms with E-state index in [0.29, 0.717) is 17.4 Å². The molecule has 0 aliphatic carbocycles. The molecule has 0 aromatic carbocycles. The van der Waals surface area contributed by atoms with Crippen LogP contribution in [-0.4, -0.2) is 69.4 Å². The smallest absolute Gasteiger partial charge is 0.306 e. The molecule has 0 heterocycles. The van der Waals surface area contributed by atoms with Crippen LogP contribution in [0.1, 0.15) is 290 Å². The molecule has 0 saturated heterocycles. The summed E-state index contributed by atoms with van der Waals surface area (Å²) >= 11 is 0. The van der Waals surface area contributed by atoms with Crippen molar-refractivity contribution in [2.45, 2.75) is 303 Å². The van der Waals surface area contributed by atoms with Crippen LogP contribution >= 0.6 is 7.82 Å². The number of rotatable bonds is 57. The van der Waals surface area contributed by atoms with Gasteiger partial charge in [0.25, 0.3) is 7.82 Å². The SMILES string of the molecule is CCCCC/C=C\C/C=C\C/C=C\C/C=C\CCCC(=O)NC(COP(=O)([O-])OCC[N+](C)(C)C)C(/C=C/CCCCCCCCCCCCC)OC(=O)CCCCCCCCCCCCCCCCCCCCC. The first-order valence-electron chi connectivity index (χ1n) is 31.6. The Kier molecular flexibility index (Phi) is 53.4. The normalized spacial score (nSPS) is 14.1. The fourth-order valence-electron chi connectivity index (χ4n) is 9.05. The number of likely N-dealkylation sites (N-methyl/N-ethyl adjacent to an activating group) is 1. The number of nitrogens with one attached hydrogen (secondary N) is 1. The lowest BCUT2D eigenvalue weighted by Gasteiger charge is -2.30. The van der Waals surface area contributed by atoms with Gasteiger partial charge in [0.2, 0.25) is 5.91 Å². The highest BCUT2D eigenvalue weighted by atomic mass is 31.2. The topological polar surface area (TPSA) is 114 Å². The van der Waals surface area contributed by atoms with Crippen LogP contribution < -0.4 is 10.2 Å². The first-order chi connectivity index (χ1) is 36.4. The van der Waals surface area contributed by atoms with Gasteiger partial charge in [-0.1, -0.05) is 268 Å². The Balaban J connectivity index is 5.33. The maximum atomic E-state index is 13.5. The van der Waals surface area contributed by atoms with Gasteiger partial charge in [-0.2, -0.15) is 0 Å². The molecule has 438 valence electrons. The minimum Gasteiger partial charge on any atom is -0.756 e. The monoisotopic (exact) mass is 1070 g/mol. The van der Waals surface area contributed by atoms with Crippen molar-refractivity contribution in [1.29, 1.82) is 0 Å². The molecule has 0 aromatic rings. The molecule has 0 rings (SSSR count). The number of hydrogen-bond acceptors (Lipinski definition) is 7. The second kappa shape index (κ2) is 55.0. The van der Waals surface area contributed by atoms with E-state index in [1.54, 1.807) is 0 Å². The molecule has 0 aromatic heterocycles. The molecule has 0 fully saturated rings. The van der Waals surface area contributed by atoms with Crippen LogP contribution in [0.2, 0.25) is 0 Å². The maximum Gasteiger partial charge on any atom is 0.306 e. The molecule has 0 aliphatic rings. The molecule has 1 amide bonds. The first kappa shape index (κ1) is 72.7. The van der Waals surface area contributed by atoms with Crippen LogP contribution in [-0.2, 0) is 27.9 Å². The van der Waals surface area contributed by atoms with Crippen LogP contribution in [0.15, 0.2) is 60.8 Å². The van der Waals surface area contributed by atoms with Crippen LogP contribution in [0.5, 0.6) is 0 Å². The molecule has 0 radical (unpaired) electrons. The van der Waals surface area contributed by atoms with Gasteiger partial charge in [-0.15, -0.1) is 0 Å². The average Bonchev–Trinajstić information content (AvgIpc) is 3.37. The van der Waals surface area contributed by atoms with E-state index in [4.69, 9.17) is 13.8 Å². The zero-order chi connectivity index (χ0) is 55.0. The number of allylic oxidation sites excluding steroid dienone is 9. The molecule has 75 heavy (non-hydrogen) atoms. The summed E-state index contributed by atoms with van der Waals surface area (Å²) < 4.78 is 30.3. The summed E-state index contributed by atoms with van der Waals surface area (Å²) in [4.78, 5) is 40.0. The number of phosphoric ester groups is 1. The van der Waals surface area contributed by atoms with Crippen molar-refractivity contribution in [1.82, 2.24) is 5.32 Å². The largest absolute Gasteiger partial charge is 0.756 e. The molecule has 1 N–H and O–H groups in total. The third-order valence-electron chi connectivity index (χ3n) is 14.0. The summed E-state index contributed by atoms with van der Waals surface area (Å²) in [6.07, 6.45) is 69.1. The molecular formula is C65H121N2O7P. The number of amides is 1. The molecule has 0 aliphatic heterocycles. The Labute approximate surface area is 464 Å². The van der Waals surface area contributed by atoms with E-state index in [1.807, 2.05) is 33.3 Å². The lowest BCUT2D eigenvalue weighted by molar-refractivity contribution is -0.870. The fraction of sp³-hybridized carbons (Fsp3) is 0.815. The number of esters is 1. The van der Waals surface area contributed by atoms with E-state index in [-0.39, 0.29) is 31.3 Å². The Morgan fingerprint density at radius 1 is 0.467 bits per heavy atom. The van der Waals surface area contributed by atoms with Gasteiger partial charge in [-0.05, 0) is 70.3 Å². The summed E-state index contributed by atoms with van der Waals surface area (Å²) in [6, 6.07) is -0.916. The van der Waals surface area contributed by atoms with Crippen molar-refractivity contribution >= 4 is 19.7 Å². The highest BCUT2D eigenvalue weighted by molar-refractivity contribution is 7.45. The Bertz CT molecular complexity index is 1470. The van der Waals surface area contributed by atoms with Crippen molar-refractivity contribution < 1.29 is 37.3 Å². The van der Waals surface area contributed by atoms with E-state index in [2.05, 4.69) is 74.7 Å². The molecule has 3 unspecified atom stereocenters. The van der Waals surface area contributed by atoms with E-state index in [1.165, 1.54) is 186 Å². The van der Waals surface area contributed by atoms with Crippen molar-refractivity contribution in [3.8, 4) is 0 Å². The minimum atomic E-state index is -4.71. The number of nitrogens with zero attached hydrogens (tertiary/aromatic N) is 1. The predicted octanol–water partition coefficient (Wildman–Crippen LogP) is 18.8. The molecular weight excluding hydrogens is 952 g/mol. The molecule has 0 spiro atoms. The number of ether oxygens (including phenoxy) is 1. The van der Waals surface area contributed by atoms with Gasteiger partial charge in [0.15, 0.2) is 0 Å². The number of carbonyl (C=O) groups excluding carboxylic acids is 2. The minimum absolute atomic E-state index is 0.0322. The van der Waals surface area contributed by atoms with Crippen molar-refractivity contribution in [2.75, 3.05) is 40.9 Å². The fourth-order valence-corrected chi connectivity index (χ4v) is 9.77. The highest BCUT2D eigenvalue weighted by Crippen LogP contribution is 2.38. The van der Waals surface area contributed by atoms with Crippen molar-refractivity contribution in [3.05, 3.63) is 60.8 Å². The van der Waals surface area contributed by atoms with Gasteiger partial charge in [0.1, 0.15) is 19.3 Å². The van der Waals surface area contributed by atoms with Gasteiger partial charge in [-0.25, -0.2) is 0 Å². The zero-order valence-corrected chi connectivity index (χ0v) is 50.9. The summed E-state index contributed by atoms with van der Waals surface area (Å²) in [7, 11) is 1.16. The van der Waals surface area contributed by atoms with Gasteiger partial charge < -0.3 is 28.5 Å². The van der Waals surface area contributed by atoms with E-state index >= 15 is 0 Å². The summed E-state index contributed by atoms with van der Waals surface area (Å²) in [5.74, 6) is -0.597. The zero-order valence-electron chi connectivity index (χ0n) is 50.0. The van der Waals surface area contributed by atoms with E-state index in [0.717, 1.165) is 64.2 Å². The molecule has 3 atom stereocenters. The quantitative estimate of drug-likeness (QED) is 0.0212. The van der Waals surface area contributed by atoms with Gasteiger partial charge in [0, 0.05) is 12.8 Å². The van der Waals surface area contributed by atoms with E-state index in [9.17, 15) is 19.0 Å².